The van der Waals surface area contributed by atoms with Crippen molar-refractivity contribution in [3.8, 4) is 5.75 Å². The molecule has 0 aliphatic heterocycles. The Labute approximate surface area is 107 Å². The van der Waals surface area contributed by atoms with Gasteiger partial charge in [-0.25, -0.2) is 4.98 Å². The molecule has 0 amide bonds. The monoisotopic (exact) mass is 246 g/mol. The first-order valence-corrected chi connectivity index (χ1v) is 5.98. The topological polar surface area (TPSA) is 47.3 Å². The van der Waals surface area contributed by atoms with E-state index in [1.807, 2.05) is 39.1 Å². The van der Waals surface area contributed by atoms with Gasteiger partial charge >= 0.3 is 0 Å². The molecule has 18 heavy (non-hydrogen) atoms. The van der Waals surface area contributed by atoms with E-state index < -0.39 is 0 Å². The molecule has 4 heteroatoms. The first-order chi connectivity index (χ1) is 8.69. The fraction of sp³-hybridized carbons (Fsp3) is 0.357. The zero-order valence-electron chi connectivity index (χ0n) is 11.0. The molecule has 0 saturated heterocycles. The highest BCUT2D eigenvalue weighted by atomic mass is 16.5. The predicted octanol–water partition coefficient (Wildman–Crippen LogP) is 2.59. The van der Waals surface area contributed by atoms with Crippen LogP contribution in [-0.2, 0) is 13.2 Å². The normalized spacial score (nSPS) is 10.6. The van der Waals surface area contributed by atoms with E-state index in [1.54, 1.807) is 0 Å². The summed E-state index contributed by atoms with van der Waals surface area (Å²) in [7, 11) is 1.92. The second-order valence-corrected chi connectivity index (χ2v) is 4.22. The summed E-state index contributed by atoms with van der Waals surface area (Å²) in [5, 5.41) is 3.11. The van der Waals surface area contributed by atoms with Crippen molar-refractivity contribution in [2.24, 2.45) is 0 Å². The van der Waals surface area contributed by atoms with Crippen molar-refractivity contribution in [3.05, 3.63) is 47.2 Å². The largest absolute Gasteiger partial charge is 0.484 e. The molecule has 96 valence electrons. The molecular formula is C14H18N2O2. The van der Waals surface area contributed by atoms with Crippen LogP contribution in [-0.4, -0.2) is 12.0 Å². The number of benzene rings is 1. The Morgan fingerprint density at radius 1 is 1.33 bits per heavy atom. The molecule has 4 nitrogen and oxygen atoms in total. The van der Waals surface area contributed by atoms with Crippen molar-refractivity contribution in [1.29, 1.82) is 0 Å². The highest BCUT2D eigenvalue weighted by molar-refractivity contribution is 5.28. The summed E-state index contributed by atoms with van der Waals surface area (Å²) in [6, 6.07) is 7.98. The minimum absolute atomic E-state index is 0.359. The zero-order valence-corrected chi connectivity index (χ0v) is 11.0. The van der Waals surface area contributed by atoms with E-state index >= 15 is 0 Å². The van der Waals surface area contributed by atoms with E-state index in [2.05, 4.69) is 16.4 Å². The van der Waals surface area contributed by atoms with Gasteiger partial charge < -0.3 is 14.5 Å². The lowest BCUT2D eigenvalue weighted by Crippen LogP contribution is -2.05. The van der Waals surface area contributed by atoms with Crippen molar-refractivity contribution >= 4 is 0 Å². The molecule has 1 aromatic heterocycles. The Bertz CT molecular complexity index is 501. The smallest absolute Gasteiger partial charge is 0.232 e. The van der Waals surface area contributed by atoms with E-state index in [1.165, 1.54) is 5.56 Å². The second-order valence-electron chi connectivity index (χ2n) is 4.22. The Hall–Kier alpha value is -1.81. The van der Waals surface area contributed by atoms with Crippen LogP contribution in [0.2, 0.25) is 0 Å². The maximum Gasteiger partial charge on any atom is 0.232 e. The number of nitrogens with one attached hydrogen (secondary N) is 1. The minimum atomic E-state index is 0.359. The Morgan fingerprint density at radius 2 is 2.17 bits per heavy atom. The zero-order chi connectivity index (χ0) is 13.0. The molecule has 0 bridgehead atoms. The van der Waals surface area contributed by atoms with Gasteiger partial charge in [-0.2, -0.15) is 0 Å². The van der Waals surface area contributed by atoms with E-state index in [9.17, 15) is 0 Å². The van der Waals surface area contributed by atoms with Crippen molar-refractivity contribution in [2.75, 3.05) is 7.05 Å². The highest BCUT2D eigenvalue weighted by Crippen LogP contribution is 2.16. The summed E-state index contributed by atoms with van der Waals surface area (Å²) in [6.07, 6.45) is 0. The maximum atomic E-state index is 5.66. The lowest BCUT2D eigenvalue weighted by Gasteiger charge is -2.06. The van der Waals surface area contributed by atoms with Crippen molar-refractivity contribution < 1.29 is 9.15 Å². The fourth-order valence-corrected chi connectivity index (χ4v) is 1.70. The third kappa shape index (κ3) is 3.11. The van der Waals surface area contributed by atoms with E-state index in [-0.39, 0.29) is 0 Å². The van der Waals surface area contributed by atoms with Crippen LogP contribution >= 0.6 is 0 Å². The molecular weight excluding hydrogens is 228 g/mol. The Morgan fingerprint density at radius 3 is 2.83 bits per heavy atom. The summed E-state index contributed by atoms with van der Waals surface area (Å²) in [5.41, 5.74) is 2.10. The number of hydrogen-bond donors (Lipinski definition) is 1. The summed E-state index contributed by atoms with van der Waals surface area (Å²) < 4.78 is 11.1. The van der Waals surface area contributed by atoms with Gasteiger partial charge in [-0.15, -0.1) is 0 Å². The first kappa shape index (κ1) is 12.6. The summed E-state index contributed by atoms with van der Waals surface area (Å²) in [4.78, 5) is 4.28. The molecule has 2 aromatic rings. The van der Waals surface area contributed by atoms with Crippen LogP contribution in [0.3, 0.4) is 0 Å². The lowest BCUT2D eigenvalue weighted by atomic mass is 10.2. The molecule has 1 N–H and O–H groups in total. The van der Waals surface area contributed by atoms with Gasteiger partial charge in [0.25, 0.3) is 0 Å². The van der Waals surface area contributed by atoms with Crippen molar-refractivity contribution in [1.82, 2.24) is 10.3 Å². The third-order valence-electron chi connectivity index (χ3n) is 2.71. The molecule has 0 aliphatic carbocycles. The molecule has 0 fully saturated rings. The van der Waals surface area contributed by atoms with Crippen LogP contribution in [0.1, 0.15) is 22.9 Å². The summed E-state index contributed by atoms with van der Waals surface area (Å²) in [6.45, 7) is 5.02. The molecule has 0 aliphatic rings. The van der Waals surface area contributed by atoms with Gasteiger partial charge in [-0.3, -0.25) is 0 Å². The number of hydrogen-bond acceptors (Lipinski definition) is 4. The number of ether oxygens (including phenoxy) is 1. The lowest BCUT2D eigenvalue weighted by molar-refractivity contribution is 0.260. The van der Waals surface area contributed by atoms with Crippen molar-refractivity contribution in [3.63, 3.8) is 0 Å². The fourth-order valence-electron chi connectivity index (χ4n) is 1.70. The molecule has 1 aromatic carbocycles. The van der Waals surface area contributed by atoms with Crippen LogP contribution in [0, 0.1) is 13.8 Å². The molecule has 2 rings (SSSR count). The molecule has 0 spiro atoms. The SMILES string of the molecule is CNCc1cccc(OCc2nc(C)c(C)o2)c1. The summed E-state index contributed by atoms with van der Waals surface area (Å²) in [5.74, 6) is 2.29. The first-order valence-electron chi connectivity index (χ1n) is 5.98. The quantitative estimate of drug-likeness (QED) is 0.881. The van der Waals surface area contributed by atoms with Gasteiger partial charge in [0.1, 0.15) is 11.5 Å². The number of rotatable bonds is 5. The molecule has 0 unspecified atom stereocenters. The summed E-state index contributed by atoms with van der Waals surface area (Å²) >= 11 is 0. The average molecular weight is 246 g/mol. The van der Waals surface area contributed by atoms with Crippen LogP contribution in [0.15, 0.2) is 28.7 Å². The third-order valence-corrected chi connectivity index (χ3v) is 2.71. The Balaban J connectivity index is 1.99. The predicted molar refractivity (Wildman–Crippen MR) is 69.5 cm³/mol. The van der Waals surface area contributed by atoms with E-state index in [0.29, 0.717) is 12.5 Å². The number of oxazole rings is 1. The second kappa shape index (κ2) is 5.69. The number of aromatic nitrogens is 1. The van der Waals surface area contributed by atoms with Gasteiger partial charge in [-0.05, 0) is 38.6 Å². The molecule has 0 atom stereocenters. The van der Waals surface area contributed by atoms with Gasteiger partial charge in [0.15, 0.2) is 6.61 Å². The van der Waals surface area contributed by atoms with Crippen LogP contribution in [0.4, 0.5) is 0 Å². The van der Waals surface area contributed by atoms with Gasteiger partial charge in [0, 0.05) is 6.54 Å². The minimum Gasteiger partial charge on any atom is -0.484 e. The van der Waals surface area contributed by atoms with Crippen LogP contribution < -0.4 is 10.1 Å². The van der Waals surface area contributed by atoms with Crippen LogP contribution in [0.5, 0.6) is 5.75 Å². The highest BCUT2D eigenvalue weighted by Gasteiger charge is 2.06. The van der Waals surface area contributed by atoms with E-state index in [4.69, 9.17) is 9.15 Å². The van der Waals surface area contributed by atoms with Gasteiger partial charge in [0.05, 0.1) is 5.69 Å². The van der Waals surface area contributed by atoms with Gasteiger partial charge in [-0.1, -0.05) is 12.1 Å². The van der Waals surface area contributed by atoms with Gasteiger partial charge in [0.2, 0.25) is 5.89 Å². The maximum absolute atomic E-state index is 5.66. The Kier molecular flexibility index (Phi) is 3.99. The number of aryl methyl sites for hydroxylation is 2. The molecule has 0 saturated carbocycles. The van der Waals surface area contributed by atoms with E-state index in [0.717, 1.165) is 23.7 Å². The standard InChI is InChI=1S/C14H18N2O2/c1-10-11(2)18-14(16-10)9-17-13-6-4-5-12(7-13)8-15-3/h4-7,15H,8-9H2,1-3H3. The van der Waals surface area contributed by atoms with Crippen molar-refractivity contribution in [2.45, 2.75) is 27.0 Å². The average Bonchev–Trinajstić information content (AvgIpc) is 2.67. The molecule has 0 radical (unpaired) electrons. The number of nitrogens with zero attached hydrogens (tertiary/aromatic N) is 1. The van der Waals surface area contributed by atoms with Crippen LogP contribution in [0.25, 0.3) is 0 Å². The molecule has 1 heterocycles.